The second-order valence-electron chi connectivity index (χ2n) is 3.97. The standard InChI is InChI=1S/C13H9F3N2O2/c14-13(15,16)9-2-4-10(5-3-9)18-12(20)8-1-6-11(19)17-7-8/h1-7H,(H,17,19)(H,18,20). The van der Waals surface area contributed by atoms with Crippen molar-refractivity contribution >= 4 is 11.6 Å². The summed E-state index contributed by atoms with van der Waals surface area (Å²) in [4.78, 5) is 24.9. The van der Waals surface area contributed by atoms with Crippen LogP contribution in [0.2, 0.25) is 0 Å². The largest absolute Gasteiger partial charge is 0.416 e. The summed E-state index contributed by atoms with van der Waals surface area (Å²) in [5, 5.41) is 2.43. The average molecular weight is 282 g/mol. The molecule has 4 nitrogen and oxygen atoms in total. The highest BCUT2D eigenvalue weighted by Crippen LogP contribution is 2.29. The van der Waals surface area contributed by atoms with Crippen molar-refractivity contribution in [3.8, 4) is 0 Å². The van der Waals surface area contributed by atoms with Gasteiger partial charge in [-0.1, -0.05) is 0 Å². The summed E-state index contributed by atoms with van der Waals surface area (Å²) in [6, 6.07) is 6.57. The molecule has 0 bridgehead atoms. The van der Waals surface area contributed by atoms with Crippen LogP contribution in [0.3, 0.4) is 0 Å². The van der Waals surface area contributed by atoms with Crippen LogP contribution < -0.4 is 10.9 Å². The quantitative estimate of drug-likeness (QED) is 0.889. The second-order valence-corrected chi connectivity index (χ2v) is 3.97. The zero-order chi connectivity index (χ0) is 14.8. The third-order valence-electron chi connectivity index (χ3n) is 2.52. The number of anilines is 1. The maximum absolute atomic E-state index is 12.4. The second kappa shape index (κ2) is 5.20. The fourth-order valence-electron chi connectivity index (χ4n) is 1.50. The lowest BCUT2D eigenvalue weighted by atomic mass is 10.2. The lowest BCUT2D eigenvalue weighted by Crippen LogP contribution is -2.14. The average Bonchev–Trinajstić information content (AvgIpc) is 2.39. The zero-order valence-corrected chi connectivity index (χ0v) is 9.99. The maximum Gasteiger partial charge on any atom is 0.416 e. The Kier molecular flexibility index (Phi) is 3.60. The van der Waals surface area contributed by atoms with Crippen LogP contribution in [0.5, 0.6) is 0 Å². The number of benzene rings is 1. The molecule has 0 aliphatic rings. The molecule has 2 rings (SSSR count). The molecule has 104 valence electrons. The Labute approximate surface area is 111 Å². The minimum atomic E-state index is -4.42. The van der Waals surface area contributed by atoms with Gasteiger partial charge in [0.15, 0.2) is 0 Å². The van der Waals surface area contributed by atoms with E-state index in [-0.39, 0.29) is 16.8 Å². The van der Waals surface area contributed by atoms with Gasteiger partial charge in [0.2, 0.25) is 5.56 Å². The van der Waals surface area contributed by atoms with Crippen molar-refractivity contribution in [2.45, 2.75) is 6.18 Å². The van der Waals surface area contributed by atoms with E-state index in [9.17, 15) is 22.8 Å². The van der Waals surface area contributed by atoms with E-state index in [2.05, 4.69) is 10.3 Å². The summed E-state index contributed by atoms with van der Waals surface area (Å²) in [6.45, 7) is 0. The Hall–Kier alpha value is -2.57. The van der Waals surface area contributed by atoms with Crippen molar-refractivity contribution in [3.63, 3.8) is 0 Å². The molecular formula is C13H9F3N2O2. The van der Waals surface area contributed by atoms with Crippen LogP contribution in [-0.2, 0) is 6.18 Å². The number of halogens is 3. The summed E-state index contributed by atoms with van der Waals surface area (Å²) >= 11 is 0. The molecule has 0 unspecified atom stereocenters. The predicted molar refractivity (Wildman–Crippen MR) is 66.5 cm³/mol. The number of H-pyrrole nitrogens is 1. The highest BCUT2D eigenvalue weighted by Gasteiger charge is 2.29. The minimum absolute atomic E-state index is 0.199. The van der Waals surface area contributed by atoms with E-state index in [1.54, 1.807) is 0 Å². The summed E-state index contributed by atoms with van der Waals surface area (Å²) in [5.41, 5.74) is -0.714. The van der Waals surface area contributed by atoms with E-state index >= 15 is 0 Å². The van der Waals surface area contributed by atoms with Crippen LogP contribution >= 0.6 is 0 Å². The lowest BCUT2D eigenvalue weighted by molar-refractivity contribution is -0.137. The Balaban J connectivity index is 2.12. The van der Waals surface area contributed by atoms with Gasteiger partial charge in [-0.3, -0.25) is 9.59 Å². The topological polar surface area (TPSA) is 62.0 Å². The van der Waals surface area contributed by atoms with Gasteiger partial charge in [0.25, 0.3) is 5.91 Å². The molecule has 0 spiro atoms. The fraction of sp³-hybridized carbons (Fsp3) is 0.0769. The summed E-state index contributed by atoms with van der Waals surface area (Å²) in [5.74, 6) is -0.527. The first-order chi connectivity index (χ1) is 9.36. The van der Waals surface area contributed by atoms with Crippen LogP contribution in [0.15, 0.2) is 47.4 Å². The molecule has 2 aromatic rings. The number of hydrogen-bond acceptors (Lipinski definition) is 2. The van der Waals surface area contributed by atoms with E-state index in [1.165, 1.54) is 18.3 Å². The molecule has 0 aliphatic carbocycles. The highest BCUT2D eigenvalue weighted by atomic mass is 19.4. The van der Waals surface area contributed by atoms with Crippen LogP contribution in [0.4, 0.5) is 18.9 Å². The van der Waals surface area contributed by atoms with Gasteiger partial charge < -0.3 is 10.3 Å². The number of pyridine rings is 1. The first-order valence-electron chi connectivity index (χ1n) is 5.53. The lowest BCUT2D eigenvalue weighted by Gasteiger charge is -2.08. The number of amides is 1. The highest BCUT2D eigenvalue weighted by molar-refractivity contribution is 6.03. The van der Waals surface area contributed by atoms with Crippen molar-refractivity contribution in [1.29, 1.82) is 0 Å². The first kappa shape index (κ1) is 13.9. The van der Waals surface area contributed by atoms with Gasteiger partial charge in [-0.15, -0.1) is 0 Å². The van der Waals surface area contributed by atoms with Crippen LogP contribution in [-0.4, -0.2) is 10.9 Å². The van der Waals surface area contributed by atoms with Gasteiger partial charge in [0.1, 0.15) is 0 Å². The third kappa shape index (κ3) is 3.25. The molecule has 0 saturated carbocycles. The Morgan fingerprint density at radius 1 is 1.05 bits per heavy atom. The molecule has 0 atom stereocenters. The number of aromatic nitrogens is 1. The first-order valence-corrected chi connectivity index (χ1v) is 5.53. The molecule has 1 aromatic heterocycles. The smallest absolute Gasteiger partial charge is 0.328 e. The maximum atomic E-state index is 12.4. The van der Waals surface area contributed by atoms with E-state index in [1.807, 2.05) is 0 Å². The number of hydrogen-bond donors (Lipinski definition) is 2. The number of alkyl halides is 3. The van der Waals surface area contributed by atoms with Gasteiger partial charge in [-0.05, 0) is 30.3 Å². The molecule has 0 saturated heterocycles. The van der Waals surface area contributed by atoms with Crippen molar-refractivity contribution in [2.24, 2.45) is 0 Å². The third-order valence-corrected chi connectivity index (χ3v) is 2.52. The summed E-state index contributed by atoms with van der Waals surface area (Å²) in [6.07, 6.45) is -3.19. The summed E-state index contributed by atoms with van der Waals surface area (Å²) < 4.78 is 37.1. The van der Waals surface area contributed by atoms with Crippen molar-refractivity contribution in [1.82, 2.24) is 4.98 Å². The number of aromatic amines is 1. The van der Waals surface area contributed by atoms with Gasteiger partial charge in [-0.2, -0.15) is 13.2 Å². The van der Waals surface area contributed by atoms with Crippen LogP contribution in [0.1, 0.15) is 15.9 Å². The molecular weight excluding hydrogens is 273 g/mol. The number of carbonyl (C=O) groups is 1. The van der Waals surface area contributed by atoms with Crippen molar-refractivity contribution in [2.75, 3.05) is 5.32 Å². The Morgan fingerprint density at radius 3 is 2.20 bits per heavy atom. The monoisotopic (exact) mass is 282 g/mol. The minimum Gasteiger partial charge on any atom is -0.328 e. The summed E-state index contributed by atoms with van der Waals surface area (Å²) in [7, 11) is 0. The van der Waals surface area contributed by atoms with Crippen molar-refractivity contribution in [3.05, 3.63) is 64.1 Å². The Morgan fingerprint density at radius 2 is 1.70 bits per heavy atom. The van der Waals surface area contributed by atoms with Gasteiger partial charge in [-0.25, -0.2) is 0 Å². The van der Waals surface area contributed by atoms with E-state index in [0.717, 1.165) is 24.3 Å². The van der Waals surface area contributed by atoms with Gasteiger partial charge in [0.05, 0.1) is 11.1 Å². The number of rotatable bonds is 2. The zero-order valence-electron chi connectivity index (χ0n) is 9.99. The molecule has 1 amide bonds. The fourth-order valence-corrected chi connectivity index (χ4v) is 1.50. The van der Waals surface area contributed by atoms with Gasteiger partial charge >= 0.3 is 6.18 Å². The van der Waals surface area contributed by atoms with Crippen molar-refractivity contribution < 1.29 is 18.0 Å². The normalized spacial score (nSPS) is 11.2. The van der Waals surface area contributed by atoms with E-state index in [4.69, 9.17) is 0 Å². The SMILES string of the molecule is O=C(Nc1ccc(C(F)(F)F)cc1)c1ccc(=O)[nH]c1. The van der Waals surface area contributed by atoms with Crippen LogP contribution in [0, 0.1) is 0 Å². The van der Waals surface area contributed by atoms with Gasteiger partial charge in [0, 0.05) is 18.0 Å². The number of carbonyl (C=O) groups excluding carboxylic acids is 1. The molecule has 20 heavy (non-hydrogen) atoms. The predicted octanol–water partition coefficient (Wildman–Crippen LogP) is 2.65. The molecule has 1 heterocycles. The number of nitrogens with one attached hydrogen (secondary N) is 2. The Bertz CT molecular complexity index is 655. The molecule has 1 aromatic carbocycles. The van der Waals surface area contributed by atoms with E-state index in [0.29, 0.717) is 0 Å². The molecule has 2 N–H and O–H groups in total. The molecule has 0 radical (unpaired) electrons. The molecule has 0 aliphatic heterocycles. The van der Waals surface area contributed by atoms with Crippen LogP contribution in [0.25, 0.3) is 0 Å². The molecule has 7 heteroatoms. The molecule has 0 fully saturated rings. The van der Waals surface area contributed by atoms with E-state index < -0.39 is 17.6 Å².